The fraction of sp³-hybridized carbons (Fsp3) is 0.455. The molecule has 0 aliphatic heterocycles. The van der Waals surface area contributed by atoms with E-state index in [1.54, 1.807) is 18.1 Å². The minimum Gasteiger partial charge on any atom is -0.300 e. The number of pyridine rings is 1. The second-order valence-electron chi connectivity index (χ2n) is 3.68. The molecule has 1 aromatic rings. The van der Waals surface area contributed by atoms with E-state index in [1.165, 1.54) is 12.5 Å². The molecule has 1 rings (SSSR count). The molecule has 0 bridgehead atoms. The van der Waals surface area contributed by atoms with Crippen LogP contribution in [0.4, 0.5) is 5.82 Å². The molecule has 0 unspecified atom stereocenters. The van der Waals surface area contributed by atoms with E-state index in [9.17, 15) is 4.79 Å². The van der Waals surface area contributed by atoms with E-state index in [0.29, 0.717) is 11.7 Å². The highest BCUT2D eigenvalue weighted by molar-refractivity contribution is 5.89. The molecule has 0 fully saturated rings. The molecule has 3 heteroatoms. The van der Waals surface area contributed by atoms with Crippen molar-refractivity contribution in [2.24, 2.45) is 0 Å². The van der Waals surface area contributed by atoms with Crippen LogP contribution in [0.1, 0.15) is 32.3 Å². The minimum absolute atomic E-state index is 0.00148. The van der Waals surface area contributed by atoms with Crippen LogP contribution in [0.3, 0.4) is 0 Å². The summed E-state index contributed by atoms with van der Waals surface area (Å²) >= 11 is 0. The van der Waals surface area contributed by atoms with E-state index in [4.69, 9.17) is 0 Å². The SMILES string of the molecule is CC(=O)N(C)c1cc(C(C)C)ccn1. The number of hydrogen-bond acceptors (Lipinski definition) is 2. The Morgan fingerprint density at radius 2 is 2.14 bits per heavy atom. The number of nitrogens with zero attached hydrogens (tertiary/aromatic N) is 2. The maximum absolute atomic E-state index is 11.1. The Bertz CT molecular complexity index is 334. The Morgan fingerprint density at radius 3 is 2.64 bits per heavy atom. The van der Waals surface area contributed by atoms with Gasteiger partial charge in [0.1, 0.15) is 5.82 Å². The van der Waals surface area contributed by atoms with E-state index in [-0.39, 0.29) is 5.91 Å². The van der Waals surface area contributed by atoms with Crippen LogP contribution in [0.5, 0.6) is 0 Å². The predicted molar refractivity (Wildman–Crippen MR) is 57.4 cm³/mol. The molecule has 0 spiro atoms. The van der Waals surface area contributed by atoms with Crippen molar-refractivity contribution < 1.29 is 4.79 Å². The number of anilines is 1. The molecular formula is C11H16N2O. The normalized spacial score (nSPS) is 10.4. The van der Waals surface area contributed by atoms with Gasteiger partial charge in [0.2, 0.25) is 5.91 Å². The van der Waals surface area contributed by atoms with Gasteiger partial charge in [-0.3, -0.25) is 4.79 Å². The van der Waals surface area contributed by atoms with Crippen LogP contribution in [0.2, 0.25) is 0 Å². The zero-order valence-corrected chi connectivity index (χ0v) is 9.11. The highest BCUT2D eigenvalue weighted by Crippen LogP contribution is 2.18. The van der Waals surface area contributed by atoms with Crippen molar-refractivity contribution in [1.82, 2.24) is 4.98 Å². The van der Waals surface area contributed by atoms with Gasteiger partial charge in [0.05, 0.1) is 0 Å². The van der Waals surface area contributed by atoms with E-state index in [0.717, 1.165) is 0 Å². The molecule has 14 heavy (non-hydrogen) atoms. The topological polar surface area (TPSA) is 33.2 Å². The van der Waals surface area contributed by atoms with Gasteiger partial charge in [-0.2, -0.15) is 0 Å². The summed E-state index contributed by atoms with van der Waals surface area (Å²) in [5.41, 5.74) is 1.20. The highest BCUT2D eigenvalue weighted by atomic mass is 16.2. The average molecular weight is 192 g/mol. The maximum Gasteiger partial charge on any atom is 0.224 e. The Balaban J connectivity index is 2.99. The maximum atomic E-state index is 11.1. The Kier molecular flexibility index (Phi) is 3.23. The monoisotopic (exact) mass is 192 g/mol. The van der Waals surface area contributed by atoms with Gasteiger partial charge >= 0.3 is 0 Å². The number of carbonyl (C=O) groups is 1. The summed E-state index contributed by atoms with van der Waals surface area (Å²) in [7, 11) is 1.73. The average Bonchev–Trinajstić information content (AvgIpc) is 2.16. The number of rotatable bonds is 2. The van der Waals surface area contributed by atoms with Crippen molar-refractivity contribution in [1.29, 1.82) is 0 Å². The Morgan fingerprint density at radius 1 is 1.50 bits per heavy atom. The van der Waals surface area contributed by atoms with Crippen LogP contribution < -0.4 is 4.90 Å². The fourth-order valence-electron chi connectivity index (χ4n) is 1.14. The fourth-order valence-corrected chi connectivity index (χ4v) is 1.14. The smallest absolute Gasteiger partial charge is 0.224 e. The molecule has 0 saturated heterocycles. The first-order chi connectivity index (χ1) is 6.52. The number of hydrogen-bond donors (Lipinski definition) is 0. The molecule has 0 aliphatic carbocycles. The van der Waals surface area contributed by atoms with Gasteiger partial charge in [-0.05, 0) is 23.6 Å². The van der Waals surface area contributed by atoms with Crippen molar-refractivity contribution in [3.05, 3.63) is 23.9 Å². The lowest BCUT2D eigenvalue weighted by atomic mass is 10.1. The van der Waals surface area contributed by atoms with Crippen molar-refractivity contribution in [3.8, 4) is 0 Å². The van der Waals surface area contributed by atoms with Gasteiger partial charge in [-0.25, -0.2) is 4.98 Å². The van der Waals surface area contributed by atoms with Crippen LogP contribution in [0.25, 0.3) is 0 Å². The first kappa shape index (κ1) is 10.7. The second kappa shape index (κ2) is 4.22. The minimum atomic E-state index is -0.00148. The summed E-state index contributed by atoms with van der Waals surface area (Å²) < 4.78 is 0. The molecule has 0 saturated carbocycles. The molecule has 0 aromatic carbocycles. The van der Waals surface area contributed by atoms with E-state index >= 15 is 0 Å². The van der Waals surface area contributed by atoms with Crippen molar-refractivity contribution in [3.63, 3.8) is 0 Å². The molecule has 76 valence electrons. The summed E-state index contributed by atoms with van der Waals surface area (Å²) in [6, 6.07) is 3.92. The van der Waals surface area contributed by atoms with Gasteiger partial charge in [0, 0.05) is 20.2 Å². The van der Waals surface area contributed by atoms with Gasteiger partial charge < -0.3 is 4.90 Å². The van der Waals surface area contributed by atoms with Crippen molar-refractivity contribution in [2.75, 3.05) is 11.9 Å². The largest absolute Gasteiger partial charge is 0.300 e. The standard InChI is InChI=1S/C11H16N2O/c1-8(2)10-5-6-12-11(7-10)13(4)9(3)14/h5-8H,1-4H3. The molecule has 0 radical (unpaired) electrons. The molecule has 0 atom stereocenters. The first-order valence-corrected chi connectivity index (χ1v) is 4.72. The zero-order chi connectivity index (χ0) is 10.7. The second-order valence-corrected chi connectivity index (χ2v) is 3.68. The van der Waals surface area contributed by atoms with Gasteiger partial charge in [-0.15, -0.1) is 0 Å². The molecule has 0 N–H and O–H groups in total. The molecule has 1 aromatic heterocycles. The van der Waals surface area contributed by atoms with E-state index in [1.807, 2.05) is 12.1 Å². The Labute approximate surface area is 84.8 Å². The van der Waals surface area contributed by atoms with E-state index in [2.05, 4.69) is 18.8 Å². The number of amides is 1. The highest BCUT2D eigenvalue weighted by Gasteiger charge is 2.08. The number of aromatic nitrogens is 1. The van der Waals surface area contributed by atoms with Gasteiger partial charge in [0.25, 0.3) is 0 Å². The predicted octanol–water partition coefficient (Wildman–Crippen LogP) is 2.19. The van der Waals surface area contributed by atoms with Gasteiger partial charge in [0.15, 0.2) is 0 Å². The van der Waals surface area contributed by atoms with Crippen molar-refractivity contribution in [2.45, 2.75) is 26.7 Å². The third-order valence-electron chi connectivity index (χ3n) is 2.25. The van der Waals surface area contributed by atoms with E-state index < -0.39 is 0 Å². The summed E-state index contributed by atoms with van der Waals surface area (Å²) in [5, 5.41) is 0. The quantitative estimate of drug-likeness (QED) is 0.719. The summed E-state index contributed by atoms with van der Waals surface area (Å²) in [6.45, 7) is 5.77. The van der Waals surface area contributed by atoms with Crippen LogP contribution in [-0.2, 0) is 4.79 Å². The molecule has 1 amide bonds. The Hall–Kier alpha value is -1.38. The van der Waals surface area contributed by atoms with Crippen LogP contribution in [0.15, 0.2) is 18.3 Å². The van der Waals surface area contributed by atoms with Crippen molar-refractivity contribution >= 4 is 11.7 Å². The third kappa shape index (κ3) is 2.31. The molecule has 1 heterocycles. The summed E-state index contributed by atoms with van der Waals surface area (Å²) in [4.78, 5) is 16.8. The summed E-state index contributed by atoms with van der Waals surface area (Å²) in [6.07, 6.45) is 1.74. The first-order valence-electron chi connectivity index (χ1n) is 4.72. The van der Waals surface area contributed by atoms with Crippen LogP contribution in [0, 0.1) is 0 Å². The van der Waals surface area contributed by atoms with Gasteiger partial charge in [-0.1, -0.05) is 13.8 Å². The lowest BCUT2D eigenvalue weighted by molar-refractivity contribution is -0.116. The lowest BCUT2D eigenvalue weighted by Gasteiger charge is -2.15. The number of carbonyl (C=O) groups excluding carboxylic acids is 1. The third-order valence-corrected chi connectivity index (χ3v) is 2.25. The molecular weight excluding hydrogens is 176 g/mol. The van der Waals surface area contributed by atoms with Crippen LogP contribution in [-0.4, -0.2) is 17.9 Å². The zero-order valence-electron chi connectivity index (χ0n) is 9.11. The molecule has 3 nitrogen and oxygen atoms in total. The summed E-state index contributed by atoms with van der Waals surface area (Å²) in [5.74, 6) is 1.17. The van der Waals surface area contributed by atoms with Crippen LogP contribution >= 0.6 is 0 Å². The molecule has 0 aliphatic rings. The lowest BCUT2D eigenvalue weighted by Crippen LogP contribution is -2.23.